The standard InChI is InChI=1S/C12H17N3O6S/c1-5(17)13-10-14-11(18)15(22-10)9-8-7(6(4-16)19-9)20-12(2,3)21-8/h6-9,16H,4H2,1-3H3,(H,13,14,17,18)/t6-,7-,8-,9-/m1/s1. The van der Waals surface area contributed by atoms with E-state index in [0.29, 0.717) is 0 Å². The molecule has 4 atom stereocenters. The number of aromatic nitrogens is 2. The van der Waals surface area contributed by atoms with Gasteiger partial charge in [-0.1, -0.05) is 0 Å². The van der Waals surface area contributed by atoms with E-state index in [1.807, 2.05) is 0 Å². The van der Waals surface area contributed by atoms with E-state index in [9.17, 15) is 14.7 Å². The minimum absolute atomic E-state index is 0.184. The summed E-state index contributed by atoms with van der Waals surface area (Å²) in [5.41, 5.74) is -0.551. The van der Waals surface area contributed by atoms with Crippen LogP contribution in [0.4, 0.5) is 5.13 Å². The lowest BCUT2D eigenvalue weighted by Gasteiger charge is -2.23. The minimum Gasteiger partial charge on any atom is -0.394 e. The predicted octanol–water partition coefficient (Wildman–Crippen LogP) is -0.327. The first-order valence-corrected chi connectivity index (χ1v) is 7.57. The summed E-state index contributed by atoms with van der Waals surface area (Å²) in [5, 5.41) is 12.1. The molecule has 0 radical (unpaired) electrons. The number of nitrogens with zero attached hydrogens (tertiary/aromatic N) is 2. The third-order valence-electron chi connectivity index (χ3n) is 3.39. The monoisotopic (exact) mass is 331 g/mol. The minimum atomic E-state index is -0.820. The highest BCUT2D eigenvalue weighted by Crippen LogP contribution is 2.43. The molecule has 122 valence electrons. The van der Waals surface area contributed by atoms with Gasteiger partial charge in [0.15, 0.2) is 12.0 Å². The zero-order valence-corrected chi connectivity index (χ0v) is 13.1. The molecule has 22 heavy (non-hydrogen) atoms. The number of nitrogens with one attached hydrogen (secondary N) is 1. The van der Waals surface area contributed by atoms with Crippen molar-refractivity contribution in [1.82, 2.24) is 8.94 Å². The number of hydrogen-bond acceptors (Lipinski definition) is 8. The van der Waals surface area contributed by atoms with E-state index >= 15 is 0 Å². The third kappa shape index (κ3) is 2.68. The number of carbonyl (C=O) groups is 1. The van der Waals surface area contributed by atoms with E-state index in [0.717, 1.165) is 11.5 Å². The topological polar surface area (TPSA) is 112 Å². The normalized spacial score (nSPS) is 32.9. The molecule has 3 rings (SSSR count). The highest BCUT2D eigenvalue weighted by Gasteiger charge is 2.56. The molecule has 0 aliphatic carbocycles. The van der Waals surface area contributed by atoms with Crippen LogP contribution in [0.3, 0.4) is 0 Å². The number of fused-ring (bicyclic) bond motifs is 1. The molecular formula is C12H17N3O6S. The fourth-order valence-electron chi connectivity index (χ4n) is 2.65. The zero-order valence-electron chi connectivity index (χ0n) is 12.3. The molecule has 10 heteroatoms. The summed E-state index contributed by atoms with van der Waals surface area (Å²) in [6.45, 7) is 4.60. The quantitative estimate of drug-likeness (QED) is 0.780. The summed E-state index contributed by atoms with van der Waals surface area (Å²) in [5.74, 6) is -1.14. The fourth-order valence-corrected chi connectivity index (χ4v) is 3.53. The molecule has 0 bridgehead atoms. The Balaban J connectivity index is 1.90. The van der Waals surface area contributed by atoms with Crippen molar-refractivity contribution in [3.05, 3.63) is 10.5 Å². The van der Waals surface area contributed by atoms with E-state index in [2.05, 4.69) is 10.3 Å². The Morgan fingerprint density at radius 3 is 2.77 bits per heavy atom. The van der Waals surface area contributed by atoms with Gasteiger partial charge in [-0.25, -0.2) is 8.75 Å². The number of aliphatic hydroxyl groups is 1. The largest absolute Gasteiger partial charge is 0.394 e. The van der Waals surface area contributed by atoms with Crippen LogP contribution in [0.5, 0.6) is 0 Å². The van der Waals surface area contributed by atoms with Crippen molar-refractivity contribution in [2.45, 2.75) is 51.1 Å². The first-order valence-electron chi connectivity index (χ1n) is 6.80. The van der Waals surface area contributed by atoms with Gasteiger partial charge < -0.3 is 24.6 Å². The van der Waals surface area contributed by atoms with Gasteiger partial charge in [0.1, 0.15) is 18.3 Å². The molecule has 1 amide bonds. The van der Waals surface area contributed by atoms with Gasteiger partial charge >= 0.3 is 5.69 Å². The Bertz CT molecular complexity index is 641. The molecule has 9 nitrogen and oxygen atoms in total. The summed E-state index contributed by atoms with van der Waals surface area (Å²) >= 11 is 0.966. The van der Waals surface area contributed by atoms with Crippen LogP contribution in [0.25, 0.3) is 0 Å². The maximum absolute atomic E-state index is 12.0. The lowest BCUT2D eigenvalue weighted by molar-refractivity contribution is -0.199. The molecular weight excluding hydrogens is 314 g/mol. The Labute approximate surface area is 130 Å². The number of amides is 1. The first kappa shape index (κ1) is 15.6. The van der Waals surface area contributed by atoms with Crippen molar-refractivity contribution in [3.8, 4) is 0 Å². The van der Waals surface area contributed by atoms with Gasteiger partial charge in [-0.15, -0.1) is 0 Å². The number of ether oxygens (including phenoxy) is 3. The Hall–Kier alpha value is -1.33. The summed E-state index contributed by atoms with van der Waals surface area (Å²) in [7, 11) is 0. The maximum atomic E-state index is 12.0. The van der Waals surface area contributed by atoms with Crippen LogP contribution in [0, 0.1) is 0 Å². The number of anilines is 1. The molecule has 2 fully saturated rings. The van der Waals surface area contributed by atoms with E-state index in [1.165, 1.54) is 10.9 Å². The van der Waals surface area contributed by atoms with Crippen LogP contribution in [0.2, 0.25) is 0 Å². The SMILES string of the molecule is CC(=O)Nc1nc(=O)n([C@@H]2O[C@H](CO)[C@H]3OC(C)(C)O[C@H]32)s1. The van der Waals surface area contributed by atoms with Gasteiger partial charge in [-0.05, 0) is 25.4 Å². The predicted molar refractivity (Wildman–Crippen MR) is 75.5 cm³/mol. The lowest BCUT2D eigenvalue weighted by atomic mass is 10.1. The molecule has 0 saturated carbocycles. The summed E-state index contributed by atoms with van der Waals surface area (Å²) in [6, 6.07) is 0. The van der Waals surface area contributed by atoms with Crippen LogP contribution >= 0.6 is 11.5 Å². The van der Waals surface area contributed by atoms with E-state index < -0.39 is 36.0 Å². The van der Waals surface area contributed by atoms with Gasteiger partial charge in [0.05, 0.1) is 6.61 Å². The van der Waals surface area contributed by atoms with Crippen LogP contribution in [-0.4, -0.2) is 50.7 Å². The van der Waals surface area contributed by atoms with Crippen LogP contribution in [-0.2, 0) is 19.0 Å². The first-order chi connectivity index (χ1) is 10.3. The molecule has 1 aromatic heterocycles. The molecule has 1 aromatic rings. The van der Waals surface area contributed by atoms with Gasteiger partial charge in [0.25, 0.3) is 0 Å². The Morgan fingerprint density at radius 2 is 2.14 bits per heavy atom. The van der Waals surface area contributed by atoms with Gasteiger partial charge in [0.2, 0.25) is 11.0 Å². The molecule has 2 N–H and O–H groups in total. The van der Waals surface area contributed by atoms with Crippen LogP contribution in [0.1, 0.15) is 27.0 Å². The Morgan fingerprint density at radius 1 is 1.45 bits per heavy atom. The van der Waals surface area contributed by atoms with Gasteiger partial charge in [-0.2, -0.15) is 4.98 Å². The second-order valence-electron chi connectivity index (χ2n) is 5.61. The average Bonchev–Trinajstić information content (AvgIpc) is 2.99. The molecule has 0 unspecified atom stereocenters. The van der Waals surface area contributed by atoms with Crippen molar-refractivity contribution in [2.75, 3.05) is 11.9 Å². The average molecular weight is 331 g/mol. The maximum Gasteiger partial charge on any atom is 0.362 e. The lowest BCUT2D eigenvalue weighted by Crippen LogP contribution is -2.32. The summed E-state index contributed by atoms with van der Waals surface area (Å²) in [4.78, 5) is 26.8. The van der Waals surface area contributed by atoms with Crippen molar-refractivity contribution < 1.29 is 24.1 Å². The van der Waals surface area contributed by atoms with E-state index in [4.69, 9.17) is 14.2 Å². The third-order valence-corrected chi connectivity index (χ3v) is 4.32. The second-order valence-corrected chi connectivity index (χ2v) is 6.57. The van der Waals surface area contributed by atoms with E-state index in [1.54, 1.807) is 13.8 Å². The zero-order chi connectivity index (χ0) is 16.1. The second kappa shape index (κ2) is 5.39. The van der Waals surface area contributed by atoms with Crippen molar-refractivity contribution >= 4 is 22.6 Å². The molecule has 2 saturated heterocycles. The number of carbonyl (C=O) groups excluding carboxylic acids is 1. The Kier molecular flexibility index (Phi) is 3.81. The van der Waals surface area contributed by atoms with Gasteiger partial charge in [-0.3, -0.25) is 4.79 Å². The van der Waals surface area contributed by atoms with Crippen molar-refractivity contribution in [2.24, 2.45) is 0 Å². The van der Waals surface area contributed by atoms with Gasteiger partial charge in [0, 0.05) is 6.92 Å². The van der Waals surface area contributed by atoms with Crippen molar-refractivity contribution in [1.29, 1.82) is 0 Å². The summed E-state index contributed by atoms with van der Waals surface area (Å²) in [6.07, 6.45) is -2.34. The van der Waals surface area contributed by atoms with Crippen LogP contribution in [0.15, 0.2) is 4.79 Å². The highest BCUT2D eigenvalue weighted by atomic mass is 32.1. The number of aliphatic hydroxyl groups excluding tert-OH is 1. The molecule has 2 aliphatic heterocycles. The molecule has 3 heterocycles. The fraction of sp³-hybridized carbons (Fsp3) is 0.750. The summed E-state index contributed by atoms with van der Waals surface area (Å²) < 4.78 is 18.5. The smallest absolute Gasteiger partial charge is 0.362 e. The van der Waals surface area contributed by atoms with Crippen LogP contribution < -0.4 is 11.0 Å². The number of rotatable bonds is 3. The van der Waals surface area contributed by atoms with Crippen molar-refractivity contribution in [3.63, 3.8) is 0 Å². The van der Waals surface area contributed by atoms with E-state index in [-0.39, 0.29) is 17.6 Å². The number of hydrogen-bond donors (Lipinski definition) is 2. The highest BCUT2D eigenvalue weighted by molar-refractivity contribution is 7.10. The molecule has 0 spiro atoms. The molecule has 2 aliphatic rings. The molecule has 0 aromatic carbocycles.